The van der Waals surface area contributed by atoms with Crippen LogP contribution in [0.3, 0.4) is 0 Å². The van der Waals surface area contributed by atoms with Crippen molar-refractivity contribution in [1.82, 2.24) is 0 Å². The highest BCUT2D eigenvalue weighted by atomic mass is 35.5. The standard InChI is InChI=1S/C16H11Cl3N2O/c17-12-3-1-10(2-4-12)16-11(9-22)8-20-21(16)15-6-5-13(18)7-14(15)19/h1-9,11,16H. The first-order valence-electron chi connectivity index (χ1n) is 6.59. The van der Waals surface area contributed by atoms with E-state index in [1.165, 1.54) is 0 Å². The van der Waals surface area contributed by atoms with Gasteiger partial charge in [-0.3, -0.25) is 5.01 Å². The third-order valence-corrected chi connectivity index (χ3v) is 4.31. The van der Waals surface area contributed by atoms with E-state index in [4.69, 9.17) is 34.8 Å². The van der Waals surface area contributed by atoms with Gasteiger partial charge in [0.25, 0.3) is 0 Å². The molecule has 0 saturated carbocycles. The van der Waals surface area contributed by atoms with Crippen molar-refractivity contribution >= 4 is 53.0 Å². The molecule has 1 heterocycles. The number of aldehydes is 1. The van der Waals surface area contributed by atoms with Crippen LogP contribution in [-0.4, -0.2) is 12.5 Å². The summed E-state index contributed by atoms with van der Waals surface area (Å²) in [5.74, 6) is -0.354. The molecule has 22 heavy (non-hydrogen) atoms. The smallest absolute Gasteiger partial charge is 0.130 e. The molecule has 0 aliphatic carbocycles. The molecule has 3 rings (SSSR count). The Morgan fingerprint density at radius 3 is 2.32 bits per heavy atom. The van der Waals surface area contributed by atoms with E-state index in [1.54, 1.807) is 41.6 Å². The van der Waals surface area contributed by atoms with Gasteiger partial charge < -0.3 is 4.79 Å². The van der Waals surface area contributed by atoms with Crippen LogP contribution >= 0.6 is 34.8 Å². The van der Waals surface area contributed by atoms with Crippen molar-refractivity contribution in [3.05, 3.63) is 63.1 Å². The van der Waals surface area contributed by atoms with Gasteiger partial charge in [0.05, 0.1) is 22.7 Å². The van der Waals surface area contributed by atoms with Crippen LogP contribution in [0.4, 0.5) is 5.69 Å². The number of halogens is 3. The zero-order chi connectivity index (χ0) is 15.7. The first-order chi connectivity index (χ1) is 10.6. The van der Waals surface area contributed by atoms with Gasteiger partial charge in [0.2, 0.25) is 0 Å². The first-order valence-corrected chi connectivity index (χ1v) is 7.72. The van der Waals surface area contributed by atoms with E-state index < -0.39 is 0 Å². The van der Waals surface area contributed by atoms with Gasteiger partial charge in [0.15, 0.2) is 0 Å². The lowest BCUT2D eigenvalue weighted by Gasteiger charge is -2.27. The minimum absolute atomic E-state index is 0.256. The Morgan fingerprint density at radius 2 is 1.68 bits per heavy atom. The maximum Gasteiger partial charge on any atom is 0.130 e. The van der Waals surface area contributed by atoms with Gasteiger partial charge in [0.1, 0.15) is 6.29 Å². The molecule has 1 aliphatic heterocycles. The van der Waals surface area contributed by atoms with Gasteiger partial charge >= 0.3 is 0 Å². The average Bonchev–Trinajstić information content (AvgIpc) is 2.92. The number of carbonyl (C=O) groups is 1. The van der Waals surface area contributed by atoms with Gasteiger partial charge in [-0.05, 0) is 35.9 Å². The van der Waals surface area contributed by atoms with Crippen LogP contribution in [0.5, 0.6) is 0 Å². The monoisotopic (exact) mass is 352 g/mol. The molecule has 0 aromatic heterocycles. The lowest BCUT2D eigenvalue weighted by atomic mass is 9.95. The van der Waals surface area contributed by atoms with Crippen LogP contribution < -0.4 is 5.01 Å². The fourth-order valence-corrected chi connectivity index (χ4v) is 3.10. The number of hydrogen-bond acceptors (Lipinski definition) is 3. The topological polar surface area (TPSA) is 32.7 Å². The van der Waals surface area contributed by atoms with Crippen LogP contribution in [0.2, 0.25) is 15.1 Å². The minimum Gasteiger partial charge on any atom is -0.303 e. The Kier molecular flexibility index (Phi) is 4.39. The molecular weight excluding hydrogens is 343 g/mol. The van der Waals surface area contributed by atoms with E-state index in [1.807, 2.05) is 12.1 Å². The zero-order valence-electron chi connectivity index (χ0n) is 11.3. The third-order valence-electron chi connectivity index (χ3n) is 3.52. The van der Waals surface area contributed by atoms with Crippen LogP contribution in [0.1, 0.15) is 11.6 Å². The Balaban J connectivity index is 2.04. The van der Waals surface area contributed by atoms with Crippen molar-refractivity contribution in [3.8, 4) is 0 Å². The summed E-state index contributed by atoms with van der Waals surface area (Å²) < 4.78 is 0. The normalized spacial score (nSPS) is 20.4. The van der Waals surface area contributed by atoms with E-state index in [0.717, 1.165) is 11.8 Å². The number of nitrogens with zero attached hydrogens (tertiary/aromatic N) is 2. The SMILES string of the molecule is O=CC1C=NN(c2ccc(Cl)cc2Cl)C1c1ccc(Cl)cc1. The molecule has 0 fully saturated rings. The van der Waals surface area contributed by atoms with E-state index in [-0.39, 0.29) is 12.0 Å². The van der Waals surface area contributed by atoms with Crippen LogP contribution in [0, 0.1) is 5.92 Å². The van der Waals surface area contributed by atoms with E-state index >= 15 is 0 Å². The van der Waals surface area contributed by atoms with Crippen molar-refractivity contribution in [2.75, 3.05) is 5.01 Å². The summed E-state index contributed by atoms with van der Waals surface area (Å²) in [6.45, 7) is 0. The van der Waals surface area contributed by atoms with Crippen LogP contribution in [0.25, 0.3) is 0 Å². The molecule has 0 amide bonds. The summed E-state index contributed by atoms with van der Waals surface area (Å²) in [5.41, 5.74) is 1.64. The highest BCUT2D eigenvalue weighted by molar-refractivity contribution is 6.36. The fourth-order valence-electron chi connectivity index (χ4n) is 2.48. The molecule has 2 aromatic rings. The van der Waals surface area contributed by atoms with E-state index in [9.17, 15) is 4.79 Å². The molecule has 0 bridgehead atoms. The molecule has 6 heteroatoms. The number of benzene rings is 2. The zero-order valence-corrected chi connectivity index (χ0v) is 13.6. The molecule has 2 aromatic carbocycles. The van der Waals surface area contributed by atoms with Crippen molar-refractivity contribution in [1.29, 1.82) is 0 Å². The molecule has 0 radical (unpaired) electrons. The second-order valence-corrected chi connectivity index (χ2v) is 6.19. The van der Waals surface area contributed by atoms with Gasteiger partial charge in [-0.2, -0.15) is 5.10 Å². The lowest BCUT2D eigenvalue weighted by Crippen LogP contribution is -2.25. The summed E-state index contributed by atoms with van der Waals surface area (Å²) >= 11 is 18.1. The highest BCUT2D eigenvalue weighted by Gasteiger charge is 2.34. The van der Waals surface area contributed by atoms with Gasteiger partial charge in [-0.15, -0.1) is 0 Å². The Hall–Kier alpha value is -1.55. The number of hydrogen-bond donors (Lipinski definition) is 0. The second-order valence-electron chi connectivity index (χ2n) is 4.91. The summed E-state index contributed by atoms with van der Waals surface area (Å²) in [7, 11) is 0. The second kappa shape index (κ2) is 6.29. The van der Waals surface area contributed by atoms with Crippen molar-refractivity contribution < 1.29 is 4.79 Å². The maximum absolute atomic E-state index is 11.4. The van der Waals surface area contributed by atoms with Gasteiger partial charge in [0, 0.05) is 16.3 Å². The molecule has 2 unspecified atom stereocenters. The molecule has 0 N–H and O–H groups in total. The van der Waals surface area contributed by atoms with Gasteiger partial charge in [-0.1, -0.05) is 46.9 Å². The third kappa shape index (κ3) is 2.84. The summed E-state index contributed by atoms with van der Waals surface area (Å²) in [6.07, 6.45) is 2.50. The highest BCUT2D eigenvalue weighted by Crippen LogP contribution is 2.40. The predicted molar refractivity (Wildman–Crippen MR) is 91.2 cm³/mol. The maximum atomic E-state index is 11.4. The molecular formula is C16H11Cl3N2O. The molecule has 0 saturated heterocycles. The number of carbonyl (C=O) groups excluding carboxylic acids is 1. The Labute approximate surface area is 143 Å². The molecule has 3 nitrogen and oxygen atoms in total. The number of anilines is 1. The predicted octanol–water partition coefficient (Wildman–Crippen LogP) is 5.01. The number of hydrazone groups is 1. The van der Waals surface area contributed by atoms with E-state index in [0.29, 0.717) is 20.8 Å². The van der Waals surface area contributed by atoms with Gasteiger partial charge in [-0.25, -0.2) is 0 Å². The summed E-state index contributed by atoms with van der Waals surface area (Å²) in [6, 6.07) is 12.3. The average molecular weight is 354 g/mol. The molecule has 0 spiro atoms. The van der Waals surface area contributed by atoms with Crippen LogP contribution in [-0.2, 0) is 4.79 Å². The van der Waals surface area contributed by atoms with E-state index in [2.05, 4.69) is 5.10 Å². The first kappa shape index (κ1) is 15.3. The minimum atomic E-state index is -0.354. The quantitative estimate of drug-likeness (QED) is 0.727. The van der Waals surface area contributed by atoms with Crippen molar-refractivity contribution in [2.45, 2.75) is 6.04 Å². The summed E-state index contributed by atoms with van der Waals surface area (Å²) in [5, 5.41) is 7.75. The largest absolute Gasteiger partial charge is 0.303 e. The Bertz CT molecular complexity index is 731. The van der Waals surface area contributed by atoms with Crippen LogP contribution in [0.15, 0.2) is 47.6 Å². The lowest BCUT2D eigenvalue weighted by molar-refractivity contribution is -0.109. The van der Waals surface area contributed by atoms with Crippen molar-refractivity contribution in [2.24, 2.45) is 11.0 Å². The molecule has 2 atom stereocenters. The summed E-state index contributed by atoms with van der Waals surface area (Å²) in [4.78, 5) is 11.4. The molecule has 112 valence electrons. The number of rotatable bonds is 3. The Morgan fingerprint density at radius 1 is 1.00 bits per heavy atom. The van der Waals surface area contributed by atoms with Crippen molar-refractivity contribution in [3.63, 3.8) is 0 Å². The fraction of sp³-hybridized carbons (Fsp3) is 0.125. The molecule has 1 aliphatic rings.